The van der Waals surface area contributed by atoms with E-state index in [-0.39, 0.29) is 5.82 Å². The van der Waals surface area contributed by atoms with Crippen molar-refractivity contribution < 1.29 is 4.39 Å². The van der Waals surface area contributed by atoms with Gasteiger partial charge >= 0.3 is 0 Å². The number of rotatable bonds is 3. The van der Waals surface area contributed by atoms with Gasteiger partial charge in [0.25, 0.3) is 0 Å². The summed E-state index contributed by atoms with van der Waals surface area (Å²) in [5.74, 6) is 0.904. The second kappa shape index (κ2) is 5.16. The maximum Gasteiger partial charge on any atom is 0.156 e. The van der Waals surface area contributed by atoms with Crippen molar-refractivity contribution in [1.82, 2.24) is 5.32 Å². The quantitative estimate of drug-likeness (QED) is 0.850. The number of aliphatic imine (C=N–C) groups is 1. The maximum atomic E-state index is 12.6. The van der Waals surface area contributed by atoms with Gasteiger partial charge in [0.1, 0.15) is 5.82 Å². The minimum absolute atomic E-state index is 0.178. The molecule has 80 valence electrons. The van der Waals surface area contributed by atoms with E-state index in [1.54, 1.807) is 11.8 Å². The van der Waals surface area contributed by atoms with Crippen molar-refractivity contribution in [2.45, 2.75) is 6.42 Å². The highest BCUT2D eigenvalue weighted by molar-refractivity contribution is 8.14. The van der Waals surface area contributed by atoms with Crippen LogP contribution in [0.5, 0.6) is 0 Å². The van der Waals surface area contributed by atoms with Crippen LogP contribution >= 0.6 is 11.8 Å². The van der Waals surface area contributed by atoms with E-state index in [0.29, 0.717) is 0 Å². The fourth-order valence-corrected chi connectivity index (χ4v) is 2.17. The van der Waals surface area contributed by atoms with Gasteiger partial charge < -0.3 is 5.32 Å². The van der Waals surface area contributed by atoms with Crippen molar-refractivity contribution in [3.63, 3.8) is 0 Å². The zero-order chi connectivity index (χ0) is 10.5. The molecule has 1 aliphatic heterocycles. The Kier molecular flexibility index (Phi) is 3.61. The molecular formula is C11H13FN2S. The summed E-state index contributed by atoms with van der Waals surface area (Å²) >= 11 is 1.76. The number of thioether (sulfide) groups is 1. The monoisotopic (exact) mass is 224 g/mol. The highest BCUT2D eigenvalue weighted by Gasteiger charge is 2.05. The van der Waals surface area contributed by atoms with Crippen molar-refractivity contribution in [2.75, 3.05) is 18.8 Å². The fraction of sp³-hybridized carbons (Fsp3) is 0.364. The third-order valence-corrected chi connectivity index (χ3v) is 3.12. The largest absolute Gasteiger partial charge is 0.365 e. The minimum Gasteiger partial charge on any atom is -0.365 e. The Morgan fingerprint density at radius 3 is 2.80 bits per heavy atom. The fourth-order valence-electron chi connectivity index (χ4n) is 1.41. The molecule has 0 unspecified atom stereocenters. The molecule has 0 aromatic heterocycles. The van der Waals surface area contributed by atoms with E-state index in [2.05, 4.69) is 10.3 Å². The first-order valence-corrected chi connectivity index (χ1v) is 5.99. The number of hydrogen-bond donors (Lipinski definition) is 1. The van der Waals surface area contributed by atoms with E-state index in [1.165, 1.54) is 12.1 Å². The van der Waals surface area contributed by atoms with Crippen LogP contribution in [0.15, 0.2) is 29.3 Å². The predicted octanol–water partition coefficient (Wildman–Crippen LogP) is 2.06. The SMILES string of the molecule is Fc1ccc(CCNC2=NCCS2)cc1. The van der Waals surface area contributed by atoms with Gasteiger partial charge in [0, 0.05) is 12.3 Å². The Labute approximate surface area is 93.0 Å². The van der Waals surface area contributed by atoms with Gasteiger partial charge in [0.15, 0.2) is 5.17 Å². The van der Waals surface area contributed by atoms with E-state index >= 15 is 0 Å². The van der Waals surface area contributed by atoms with Gasteiger partial charge in [-0.25, -0.2) is 4.39 Å². The van der Waals surface area contributed by atoms with E-state index in [9.17, 15) is 4.39 Å². The maximum absolute atomic E-state index is 12.6. The second-order valence-electron chi connectivity index (χ2n) is 3.34. The molecule has 2 rings (SSSR count). The molecule has 0 saturated heterocycles. The van der Waals surface area contributed by atoms with Gasteiger partial charge in [0.2, 0.25) is 0 Å². The zero-order valence-corrected chi connectivity index (χ0v) is 9.19. The number of hydrogen-bond acceptors (Lipinski definition) is 3. The van der Waals surface area contributed by atoms with Crippen LogP contribution in [0.25, 0.3) is 0 Å². The van der Waals surface area contributed by atoms with Crippen LogP contribution < -0.4 is 5.32 Å². The van der Waals surface area contributed by atoms with Crippen LogP contribution in [0.4, 0.5) is 4.39 Å². The van der Waals surface area contributed by atoms with Crippen LogP contribution in [0.2, 0.25) is 0 Å². The highest BCUT2D eigenvalue weighted by Crippen LogP contribution is 2.09. The smallest absolute Gasteiger partial charge is 0.156 e. The second-order valence-corrected chi connectivity index (χ2v) is 4.42. The molecule has 0 bridgehead atoms. The molecule has 1 N–H and O–H groups in total. The first kappa shape index (κ1) is 10.5. The molecule has 1 aromatic rings. The van der Waals surface area contributed by atoms with Crippen molar-refractivity contribution in [3.05, 3.63) is 35.6 Å². The minimum atomic E-state index is -0.178. The lowest BCUT2D eigenvalue weighted by molar-refractivity contribution is 0.627. The summed E-state index contributed by atoms with van der Waals surface area (Å²) in [6, 6.07) is 6.63. The highest BCUT2D eigenvalue weighted by atomic mass is 32.2. The van der Waals surface area contributed by atoms with Crippen molar-refractivity contribution in [3.8, 4) is 0 Å². The number of nitrogens with one attached hydrogen (secondary N) is 1. The summed E-state index contributed by atoms with van der Waals surface area (Å²) < 4.78 is 12.6. The molecule has 2 nitrogen and oxygen atoms in total. The number of amidine groups is 1. The molecule has 0 amide bonds. The first-order chi connectivity index (χ1) is 7.34. The van der Waals surface area contributed by atoms with Gasteiger partial charge in [-0.05, 0) is 24.1 Å². The Hall–Kier alpha value is -1.03. The van der Waals surface area contributed by atoms with E-state index in [1.807, 2.05) is 12.1 Å². The van der Waals surface area contributed by atoms with Crippen molar-refractivity contribution in [1.29, 1.82) is 0 Å². The number of benzene rings is 1. The zero-order valence-electron chi connectivity index (χ0n) is 8.37. The third kappa shape index (κ3) is 3.23. The van der Waals surface area contributed by atoms with Crippen molar-refractivity contribution in [2.24, 2.45) is 4.99 Å². The van der Waals surface area contributed by atoms with Crippen LogP contribution in [0.1, 0.15) is 5.56 Å². The van der Waals surface area contributed by atoms with Gasteiger partial charge in [0.05, 0.1) is 6.54 Å². The molecule has 0 aliphatic carbocycles. The van der Waals surface area contributed by atoms with Gasteiger partial charge in [-0.15, -0.1) is 0 Å². The number of halogens is 1. The summed E-state index contributed by atoms with van der Waals surface area (Å²) in [7, 11) is 0. The molecule has 0 saturated carbocycles. The van der Waals surface area contributed by atoms with E-state index in [0.717, 1.165) is 36.0 Å². The van der Waals surface area contributed by atoms with Gasteiger partial charge in [-0.1, -0.05) is 23.9 Å². The standard InChI is InChI=1S/C11H13FN2S/c12-10-3-1-9(2-4-10)5-6-13-11-14-7-8-15-11/h1-4H,5-8H2,(H,13,14). The summed E-state index contributed by atoms with van der Waals surface area (Å²) in [5.41, 5.74) is 1.15. The lowest BCUT2D eigenvalue weighted by Gasteiger charge is -2.04. The average Bonchev–Trinajstić information content (AvgIpc) is 2.74. The molecule has 1 aromatic carbocycles. The molecule has 0 fully saturated rings. The third-order valence-electron chi connectivity index (χ3n) is 2.19. The summed E-state index contributed by atoms with van der Waals surface area (Å²) in [4.78, 5) is 4.29. The summed E-state index contributed by atoms with van der Waals surface area (Å²) in [6.07, 6.45) is 0.903. The van der Waals surface area contributed by atoms with Gasteiger partial charge in [-0.2, -0.15) is 0 Å². The Bertz CT molecular complexity index is 348. The molecule has 0 radical (unpaired) electrons. The molecule has 1 aliphatic rings. The Morgan fingerprint density at radius 2 is 2.13 bits per heavy atom. The average molecular weight is 224 g/mol. The summed E-state index contributed by atoms with van der Waals surface area (Å²) in [6.45, 7) is 1.78. The van der Waals surface area contributed by atoms with E-state index in [4.69, 9.17) is 0 Å². The topological polar surface area (TPSA) is 24.4 Å². The van der Waals surface area contributed by atoms with Crippen LogP contribution in [-0.4, -0.2) is 24.0 Å². The lowest BCUT2D eigenvalue weighted by Crippen LogP contribution is -2.21. The Balaban J connectivity index is 1.75. The molecule has 4 heteroatoms. The van der Waals surface area contributed by atoms with Crippen LogP contribution in [0.3, 0.4) is 0 Å². The molecule has 0 spiro atoms. The Morgan fingerprint density at radius 1 is 1.33 bits per heavy atom. The number of nitrogens with zero attached hydrogens (tertiary/aromatic N) is 1. The normalized spacial score (nSPS) is 15.1. The summed E-state index contributed by atoms with van der Waals surface area (Å²) in [5, 5.41) is 4.30. The van der Waals surface area contributed by atoms with Crippen molar-refractivity contribution >= 4 is 16.9 Å². The predicted molar refractivity (Wildman–Crippen MR) is 62.9 cm³/mol. The molecule has 15 heavy (non-hydrogen) atoms. The lowest BCUT2D eigenvalue weighted by atomic mass is 10.1. The van der Waals surface area contributed by atoms with Gasteiger partial charge in [-0.3, -0.25) is 4.99 Å². The van der Waals surface area contributed by atoms with E-state index < -0.39 is 0 Å². The first-order valence-electron chi connectivity index (χ1n) is 5.00. The molecule has 0 atom stereocenters. The molecular weight excluding hydrogens is 211 g/mol. The van der Waals surface area contributed by atoms with Crippen LogP contribution in [-0.2, 0) is 6.42 Å². The van der Waals surface area contributed by atoms with Crippen LogP contribution in [0, 0.1) is 5.82 Å². The molecule has 1 heterocycles.